The molecule has 0 fully saturated rings. The van der Waals surface area contributed by atoms with E-state index in [1.54, 1.807) is 6.07 Å². The van der Waals surface area contributed by atoms with E-state index in [2.05, 4.69) is 28.3 Å². The van der Waals surface area contributed by atoms with E-state index in [1.807, 2.05) is 32.0 Å². The van der Waals surface area contributed by atoms with Crippen LogP contribution in [0.3, 0.4) is 0 Å². The Hall–Kier alpha value is -2.10. The Morgan fingerprint density at radius 2 is 2.05 bits per heavy atom. The minimum absolute atomic E-state index is 0.129. The fraction of sp³-hybridized carbons (Fsp3) is 0.333. The van der Waals surface area contributed by atoms with Gasteiger partial charge in [0.15, 0.2) is 0 Å². The highest BCUT2D eigenvalue weighted by Crippen LogP contribution is 2.19. The molecule has 1 aromatic heterocycles. The zero-order chi connectivity index (χ0) is 13.8. The number of aryl methyl sites for hydroxylation is 1. The number of rotatable bonds is 4. The van der Waals surface area contributed by atoms with Crippen molar-refractivity contribution in [3.05, 3.63) is 51.9 Å². The minimum Gasteiger partial charge on any atom is -0.325 e. The predicted molar refractivity (Wildman–Crippen MR) is 78.0 cm³/mol. The summed E-state index contributed by atoms with van der Waals surface area (Å²) in [5, 5.41) is 3.19. The maximum Gasteiger partial charge on any atom is 0.252 e. The summed E-state index contributed by atoms with van der Waals surface area (Å²) in [6, 6.07) is 9.56. The molecule has 0 bridgehead atoms. The van der Waals surface area contributed by atoms with Crippen molar-refractivity contribution in [2.75, 3.05) is 5.32 Å². The molecule has 100 valence electrons. The van der Waals surface area contributed by atoms with Gasteiger partial charge in [-0.05, 0) is 24.0 Å². The Kier molecular flexibility index (Phi) is 4.00. The molecule has 0 aliphatic carbocycles. The average molecular weight is 257 g/mol. The highest BCUT2D eigenvalue weighted by Gasteiger charge is 2.06. The van der Waals surface area contributed by atoms with Crippen LogP contribution in [0.15, 0.2) is 35.1 Å². The van der Waals surface area contributed by atoms with Crippen molar-refractivity contribution >= 4 is 11.6 Å². The van der Waals surface area contributed by atoms with E-state index in [1.165, 1.54) is 5.56 Å². The lowest BCUT2D eigenvalue weighted by Gasteiger charge is -2.11. The standard InChI is InChI=1S/C15H19N3O/c1-4-11-7-5-6-8-12(11)16-15-17-13(10(2)3)9-14(19)18-15/h5-10H,4H2,1-3H3,(H2,16,17,18,19). The van der Waals surface area contributed by atoms with Gasteiger partial charge in [-0.15, -0.1) is 0 Å². The molecule has 0 atom stereocenters. The molecule has 0 saturated heterocycles. The van der Waals surface area contributed by atoms with Crippen LogP contribution in [0.5, 0.6) is 0 Å². The quantitative estimate of drug-likeness (QED) is 0.884. The number of aromatic nitrogens is 2. The number of benzene rings is 1. The lowest BCUT2D eigenvalue weighted by molar-refractivity contribution is 0.812. The number of anilines is 2. The molecule has 2 rings (SSSR count). The van der Waals surface area contributed by atoms with Gasteiger partial charge in [-0.1, -0.05) is 39.0 Å². The molecule has 19 heavy (non-hydrogen) atoms. The van der Waals surface area contributed by atoms with Crippen molar-refractivity contribution in [1.82, 2.24) is 9.97 Å². The number of para-hydroxylation sites is 1. The van der Waals surface area contributed by atoms with Gasteiger partial charge in [0.2, 0.25) is 5.95 Å². The SMILES string of the molecule is CCc1ccccc1Nc1nc(C(C)C)cc(=O)[nH]1. The van der Waals surface area contributed by atoms with Gasteiger partial charge in [0.25, 0.3) is 5.56 Å². The van der Waals surface area contributed by atoms with Gasteiger partial charge in [-0.3, -0.25) is 9.78 Å². The maximum atomic E-state index is 11.6. The van der Waals surface area contributed by atoms with E-state index in [0.717, 1.165) is 17.8 Å². The second kappa shape index (κ2) is 5.69. The molecule has 0 aliphatic rings. The Bertz CT molecular complexity index is 617. The molecule has 4 heteroatoms. The topological polar surface area (TPSA) is 57.8 Å². The highest BCUT2D eigenvalue weighted by atomic mass is 16.1. The number of H-pyrrole nitrogens is 1. The molecule has 0 aliphatic heterocycles. The molecule has 2 N–H and O–H groups in total. The van der Waals surface area contributed by atoms with Gasteiger partial charge in [0.1, 0.15) is 0 Å². The number of nitrogens with one attached hydrogen (secondary N) is 2. The molecule has 1 aromatic carbocycles. The van der Waals surface area contributed by atoms with Crippen molar-refractivity contribution in [2.45, 2.75) is 33.1 Å². The fourth-order valence-electron chi connectivity index (χ4n) is 1.91. The van der Waals surface area contributed by atoms with Crippen LogP contribution in [0.4, 0.5) is 11.6 Å². The van der Waals surface area contributed by atoms with Crippen molar-refractivity contribution in [3.8, 4) is 0 Å². The summed E-state index contributed by atoms with van der Waals surface area (Å²) < 4.78 is 0. The van der Waals surface area contributed by atoms with Crippen molar-refractivity contribution in [3.63, 3.8) is 0 Å². The van der Waals surface area contributed by atoms with Crippen LogP contribution in [0.1, 0.15) is 37.9 Å². The first-order chi connectivity index (χ1) is 9.10. The summed E-state index contributed by atoms with van der Waals surface area (Å²) in [5.41, 5.74) is 2.84. The molecule has 0 unspecified atom stereocenters. The fourth-order valence-corrected chi connectivity index (χ4v) is 1.91. The first-order valence-corrected chi connectivity index (χ1v) is 6.56. The van der Waals surface area contributed by atoms with Crippen LogP contribution in [-0.4, -0.2) is 9.97 Å². The van der Waals surface area contributed by atoms with Crippen molar-refractivity contribution < 1.29 is 0 Å². The number of hydrogen-bond acceptors (Lipinski definition) is 3. The van der Waals surface area contributed by atoms with E-state index in [0.29, 0.717) is 5.95 Å². The van der Waals surface area contributed by atoms with Crippen LogP contribution in [0.2, 0.25) is 0 Å². The normalized spacial score (nSPS) is 10.7. The third kappa shape index (κ3) is 3.22. The molecule has 0 amide bonds. The lowest BCUT2D eigenvalue weighted by Crippen LogP contribution is -2.13. The number of aromatic amines is 1. The second-order valence-electron chi connectivity index (χ2n) is 4.81. The second-order valence-corrected chi connectivity index (χ2v) is 4.81. The monoisotopic (exact) mass is 257 g/mol. The molecule has 0 radical (unpaired) electrons. The smallest absolute Gasteiger partial charge is 0.252 e. The molecule has 0 saturated carbocycles. The van der Waals surface area contributed by atoms with Crippen LogP contribution >= 0.6 is 0 Å². The van der Waals surface area contributed by atoms with Gasteiger partial charge in [-0.25, -0.2) is 4.98 Å². The molecular formula is C15H19N3O. The first-order valence-electron chi connectivity index (χ1n) is 6.56. The van der Waals surface area contributed by atoms with Gasteiger partial charge in [0, 0.05) is 11.8 Å². The summed E-state index contributed by atoms with van der Waals surface area (Å²) in [6.45, 7) is 6.14. The molecule has 0 spiro atoms. The van der Waals surface area contributed by atoms with Gasteiger partial charge < -0.3 is 5.32 Å². The van der Waals surface area contributed by atoms with E-state index < -0.39 is 0 Å². The summed E-state index contributed by atoms with van der Waals surface area (Å²) >= 11 is 0. The third-order valence-corrected chi connectivity index (χ3v) is 3.00. The van der Waals surface area contributed by atoms with Crippen LogP contribution in [0, 0.1) is 0 Å². The van der Waals surface area contributed by atoms with Crippen molar-refractivity contribution in [2.24, 2.45) is 0 Å². The minimum atomic E-state index is -0.129. The number of hydrogen-bond donors (Lipinski definition) is 2. The Balaban J connectivity index is 2.35. The Labute approximate surface area is 112 Å². The van der Waals surface area contributed by atoms with Gasteiger partial charge in [0.05, 0.1) is 5.69 Å². The van der Waals surface area contributed by atoms with Crippen molar-refractivity contribution in [1.29, 1.82) is 0 Å². The van der Waals surface area contributed by atoms with Crippen LogP contribution in [0.25, 0.3) is 0 Å². The van der Waals surface area contributed by atoms with Gasteiger partial charge >= 0.3 is 0 Å². The lowest BCUT2D eigenvalue weighted by atomic mass is 10.1. The summed E-state index contributed by atoms with van der Waals surface area (Å²) in [6.07, 6.45) is 0.928. The van der Waals surface area contributed by atoms with Gasteiger partial charge in [-0.2, -0.15) is 0 Å². The number of nitrogens with zero attached hydrogens (tertiary/aromatic N) is 1. The largest absolute Gasteiger partial charge is 0.325 e. The summed E-state index contributed by atoms with van der Waals surface area (Å²) in [4.78, 5) is 18.8. The molecule has 1 heterocycles. The zero-order valence-corrected chi connectivity index (χ0v) is 11.5. The zero-order valence-electron chi connectivity index (χ0n) is 11.5. The Morgan fingerprint density at radius 1 is 1.32 bits per heavy atom. The van der Waals surface area contributed by atoms with E-state index in [4.69, 9.17) is 0 Å². The Morgan fingerprint density at radius 3 is 2.74 bits per heavy atom. The molecule has 2 aromatic rings. The average Bonchev–Trinajstić information content (AvgIpc) is 2.38. The highest BCUT2D eigenvalue weighted by molar-refractivity contribution is 5.58. The maximum absolute atomic E-state index is 11.6. The van der Waals surface area contributed by atoms with E-state index in [-0.39, 0.29) is 11.5 Å². The summed E-state index contributed by atoms with van der Waals surface area (Å²) in [7, 11) is 0. The predicted octanol–water partition coefficient (Wildman–Crippen LogP) is 3.20. The van der Waals surface area contributed by atoms with Crippen LogP contribution < -0.4 is 10.9 Å². The third-order valence-electron chi connectivity index (χ3n) is 3.00. The van der Waals surface area contributed by atoms with Crippen LogP contribution in [-0.2, 0) is 6.42 Å². The van der Waals surface area contributed by atoms with E-state index in [9.17, 15) is 4.79 Å². The first kappa shape index (κ1) is 13.3. The summed E-state index contributed by atoms with van der Waals surface area (Å²) in [5.74, 6) is 0.723. The van der Waals surface area contributed by atoms with E-state index >= 15 is 0 Å². The molecule has 4 nitrogen and oxygen atoms in total. The molecular weight excluding hydrogens is 238 g/mol.